The maximum atomic E-state index is 4.96. The van der Waals surface area contributed by atoms with Crippen molar-refractivity contribution in [3.63, 3.8) is 0 Å². The SMILES string of the molecule is CCNC(c1nc2ccccc2cc1Br)C1CCCCC1. The fourth-order valence-electron chi connectivity index (χ4n) is 3.50. The number of nitrogens with zero attached hydrogens (tertiary/aromatic N) is 1. The van der Waals surface area contributed by atoms with Gasteiger partial charge in [0.2, 0.25) is 0 Å². The number of fused-ring (bicyclic) bond motifs is 1. The van der Waals surface area contributed by atoms with E-state index in [0.29, 0.717) is 12.0 Å². The van der Waals surface area contributed by atoms with E-state index in [-0.39, 0.29) is 0 Å². The van der Waals surface area contributed by atoms with Crippen LogP contribution >= 0.6 is 15.9 Å². The molecule has 1 unspecified atom stereocenters. The van der Waals surface area contributed by atoms with Crippen LogP contribution in [0.5, 0.6) is 0 Å². The van der Waals surface area contributed by atoms with Crippen molar-refractivity contribution < 1.29 is 0 Å². The molecule has 1 aliphatic carbocycles. The number of rotatable bonds is 4. The highest BCUT2D eigenvalue weighted by Crippen LogP contribution is 2.37. The van der Waals surface area contributed by atoms with E-state index in [4.69, 9.17) is 4.98 Å². The van der Waals surface area contributed by atoms with Crippen molar-refractivity contribution >= 4 is 26.8 Å². The van der Waals surface area contributed by atoms with Gasteiger partial charge in [0, 0.05) is 9.86 Å². The number of para-hydroxylation sites is 1. The molecule has 1 aliphatic rings. The zero-order chi connectivity index (χ0) is 14.7. The maximum absolute atomic E-state index is 4.96. The van der Waals surface area contributed by atoms with E-state index in [9.17, 15) is 0 Å². The van der Waals surface area contributed by atoms with Crippen LogP contribution in [0.25, 0.3) is 10.9 Å². The van der Waals surface area contributed by atoms with Crippen LogP contribution in [0, 0.1) is 5.92 Å². The number of hydrogen-bond donors (Lipinski definition) is 1. The van der Waals surface area contributed by atoms with E-state index in [1.54, 1.807) is 0 Å². The monoisotopic (exact) mass is 346 g/mol. The zero-order valence-corrected chi connectivity index (χ0v) is 14.2. The Hall–Kier alpha value is -0.930. The van der Waals surface area contributed by atoms with Gasteiger partial charge in [-0.05, 0) is 53.4 Å². The summed E-state index contributed by atoms with van der Waals surface area (Å²) in [5.74, 6) is 0.712. The Kier molecular flexibility index (Phi) is 4.91. The van der Waals surface area contributed by atoms with Crippen LogP contribution in [0.3, 0.4) is 0 Å². The van der Waals surface area contributed by atoms with Crippen molar-refractivity contribution in [2.45, 2.75) is 45.1 Å². The Balaban J connectivity index is 1.99. The van der Waals surface area contributed by atoms with Gasteiger partial charge in [0.25, 0.3) is 0 Å². The van der Waals surface area contributed by atoms with E-state index in [1.807, 2.05) is 0 Å². The lowest BCUT2D eigenvalue weighted by Gasteiger charge is -2.31. The molecule has 1 heterocycles. The Morgan fingerprint density at radius 3 is 2.76 bits per heavy atom. The molecule has 0 saturated heterocycles. The Morgan fingerprint density at radius 1 is 1.24 bits per heavy atom. The lowest BCUT2D eigenvalue weighted by molar-refractivity contribution is 0.270. The van der Waals surface area contributed by atoms with Gasteiger partial charge in [0.15, 0.2) is 0 Å². The second-order valence-electron chi connectivity index (χ2n) is 5.98. The molecular formula is C18H23BrN2. The van der Waals surface area contributed by atoms with Gasteiger partial charge in [-0.25, -0.2) is 4.98 Å². The van der Waals surface area contributed by atoms with Crippen molar-refractivity contribution in [1.29, 1.82) is 0 Å². The van der Waals surface area contributed by atoms with Gasteiger partial charge in [-0.3, -0.25) is 0 Å². The number of aromatic nitrogens is 1. The Labute approximate surface area is 135 Å². The van der Waals surface area contributed by atoms with Gasteiger partial charge in [-0.1, -0.05) is 44.4 Å². The van der Waals surface area contributed by atoms with Crippen LogP contribution < -0.4 is 5.32 Å². The minimum Gasteiger partial charge on any atom is -0.309 e. The standard InChI is InChI=1S/C18H23BrN2/c1-2-20-17(13-8-4-3-5-9-13)18-15(19)12-14-10-6-7-11-16(14)21-18/h6-7,10-13,17,20H,2-5,8-9H2,1H3. The first-order valence-corrected chi connectivity index (χ1v) is 8.87. The van der Waals surface area contributed by atoms with Crippen LogP contribution in [-0.2, 0) is 0 Å². The molecule has 0 aliphatic heterocycles. The third-order valence-corrected chi connectivity index (χ3v) is 5.18. The van der Waals surface area contributed by atoms with Crippen LogP contribution in [0.15, 0.2) is 34.8 Å². The summed E-state index contributed by atoms with van der Waals surface area (Å²) in [7, 11) is 0. The van der Waals surface area contributed by atoms with Gasteiger partial charge < -0.3 is 5.32 Å². The molecule has 0 radical (unpaired) electrons. The molecule has 1 saturated carbocycles. The molecule has 0 spiro atoms. The highest BCUT2D eigenvalue weighted by molar-refractivity contribution is 9.10. The normalized spacial score (nSPS) is 18.0. The quantitative estimate of drug-likeness (QED) is 0.819. The molecule has 1 N–H and O–H groups in total. The van der Waals surface area contributed by atoms with Crippen molar-refractivity contribution in [3.8, 4) is 0 Å². The molecule has 2 nitrogen and oxygen atoms in total. The lowest BCUT2D eigenvalue weighted by atomic mass is 9.82. The fraction of sp³-hybridized carbons (Fsp3) is 0.500. The van der Waals surface area contributed by atoms with Crippen molar-refractivity contribution in [2.24, 2.45) is 5.92 Å². The zero-order valence-electron chi connectivity index (χ0n) is 12.6. The summed E-state index contributed by atoms with van der Waals surface area (Å²) in [6, 6.07) is 10.9. The first-order chi connectivity index (χ1) is 10.3. The predicted molar refractivity (Wildman–Crippen MR) is 92.4 cm³/mol. The number of benzene rings is 1. The Morgan fingerprint density at radius 2 is 2.00 bits per heavy atom. The maximum Gasteiger partial charge on any atom is 0.0725 e. The van der Waals surface area contributed by atoms with E-state index in [0.717, 1.165) is 16.5 Å². The molecule has 3 heteroatoms. The first kappa shape index (κ1) is 15.0. The third-order valence-electron chi connectivity index (χ3n) is 4.54. The van der Waals surface area contributed by atoms with Gasteiger partial charge in [0.1, 0.15) is 0 Å². The van der Waals surface area contributed by atoms with Crippen LogP contribution in [0.2, 0.25) is 0 Å². The molecule has 1 aromatic carbocycles. The molecule has 0 bridgehead atoms. The van der Waals surface area contributed by atoms with Gasteiger partial charge in [-0.2, -0.15) is 0 Å². The van der Waals surface area contributed by atoms with Crippen LogP contribution in [-0.4, -0.2) is 11.5 Å². The highest BCUT2D eigenvalue weighted by atomic mass is 79.9. The van der Waals surface area contributed by atoms with E-state index in [2.05, 4.69) is 58.5 Å². The van der Waals surface area contributed by atoms with Gasteiger partial charge in [0.05, 0.1) is 17.3 Å². The summed E-state index contributed by atoms with van der Waals surface area (Å²) >= 11 is 3.75. The minimum absolute atomic E-state index is 0.370. The van der Waals surface area contributed by atoms with Crippen LogP contribution in [0.1, 0.15) is 50.8 Å². The molecule has 1 fully saturated rings. The Bertz CT molecular complexity index is 605. The van der Waals surface area contributed by atoms with E-state index >= 15 is 0 Å². The molecule has 3 rings (SSSR count). The molecule has 1 atom stereocenters. The van der Waals surface area contributed by atoms with E-state index in [1.165, 1.54) is 43.2 Å². The van der Waals surface area contributed by atoms with Crippen molar-refractivity contribution in [1.82, 2.24) is 10.3 Å². The minimum atomic E-state index is 0.370. The van der Waals surface area contributed by atoms with Gasteiger partial charge >= 0.3 is 0 Å². The molecule has 1 aromatic heterocycles. The average Bonchev–Trinajstić information content (AvgIpc) is 2.53. The summed E-state index contributed by atoms with van der Waals surface area (Å²) < 4.78 is 1.14. The summed E-state index contributed by atoms with van der Waals surface area (Å²) in [5.41, 5.74) is 2.27. The number of halogens is 1. The summed E-state index contributed by atoms with van der Waals surface area (Å²) in [5, 5.41) is 4.88. The van der Waals surface area contributed by atoms with Crippen molar-refractivity contribution in [2.75, 3.05) is 6.54 Å². The van der Waals surface area contributed by atoms with Gasteiger partial charge in [-0.15, -0.1) is 0 Å². The summed E-state index contributed by atoms with van der Waals surface area (Å²) in [6.07, 6.45) is 6.74. The molecule has 112 valence electrons. The average molecular weight is 347 g/mol. The fourth-order valence-corrected chi connectivity index (χ4v) is 4.08. The van der Waals surface area contributed by atoms with E-state index < -0.39 is 0 Å². The number of hydrogen-bond acceptors (Lipinski definition) is 2. The summed E-state index contributed by atoms with van der Waals surface area (Å²) in [4.78, 5) is 4.96. The molecule has 21 heavy (non-hydrogen) atoms. The third kappa shape index (κ3) is 3.29. The smallest absolute Gasteiger partial charge is 0.0725 e. The second-order valence-corrected chi connectivity index (χ2v) is 6.84. The molecule has 2 aromatic rings. The predicted octanol–water partition coefficient (Wildman–Crippen LogP) is 5.23. The first-order valence-electron chi connectivity index (χ1n) is 8.08. The van der Waals surface area contributed by atoms with Crippen LogP contribution in [0.4, 0.5) is 0 Å². The molecule has 0 amide bonds. The lowest BCUT2D eigenvalue weighted by Crippen LogP contribution is -2.30. The van der Waals surface area contributed by atoms with Crippen molar-refractivity contribution in [3.05, 3.63) is 40.5 Å². The number of nitrogens with one attached hydrogen (secondary N) is 1. The largest absolute Gasteiger partial charge is 0.309 e. The molecular weight excluding hydrogens is 324 g/mol. The number of pyridine rings is 1. The second kappa shape index (κ2) is 6.89. The summed E-state index contributed by atoms with van der Waals surface area (Å²) in [6.45, 7) is 3.17. The highest BCUT2D eigenvalue weighted by Gasteiger charge is 2.27. The topological polar surface area (TPSA) is 24.9 Å².